The second kappa shape index (κ2) is 8.85. The summed E-state index contributed by atoms with van der Waals surface area (Å²) in [6.07, 6.45) is 5.29. The average molecular weight is 385 g/mol. The SMILES string of the molecule is CSc1ncccc1C(=O)N[C@H](C)C(=O)N1CCN(c2ccccn2)CC1. The number of rotatable bonds is 5. The van der Waals surface area contributed by atoms with Crippen molar-refractivity contribution in [3.05, 3.63) is 48.3 Å². The molecule has 1 atom stereocenters. The molecule has 0 aromatic carbocycles. The van der Waals surface area contributed by atoms with Crippen molar-refractivity contribution in [1.29, 1.82) is 0 Å². The molecule has 142 valence electrons. The summed E-state index contributed by atoms with van der Waals surface area (Å²) in [6.45, 7) is 4.39. The van der Waals surface area contributed by atoms with E-state index in [1.165, 1.54) is 11.8 Å². The molecule has 3 rings (SSSR count). The number of pyridine rings is 2. The average Bonchev–Trinajstić information content (AvgIpc) is 2.73. The minimum atomic E-state index is -0.589. The fraction of sp³-hybridized carbons (Fsp3) is 0.368. The van der Waals surface area contributed by atoms with Gasteiger partial charge in [0.15, 0.2) is 0 Å². The maximum absolute atomic E-state index is 12.7. The van der Waals surface area contributed by atoms with Crippen LogP contribution >= 0.6 is 11.8 Å². The zero-order valence-corrected chi connectivity index (χ0v) is 16.3. The lowest BCUT2D eigenvalue weighted by atomic mass is 10.2. The predicted octanol–water partition coefficient (Wildman–Crippen LogP) is 1.67. The van der Waals surface area contributed by atoms with Crippen LogP contribution in [0.25, 0.3) is 0 Å². The summed E-state index contributed by atoms with van der Waals surface area (Å²) in [7, 11) is 0. The Labute approximate surface area is 163 Å². The number of amides is 2. The Morgan fingerprint density at radius 1 is 1.07 bits per heavy atom. The minimum absolute atomic E-state index is 0.0707. The van der Waals surface area contributed by atoms with Crippen LogP contribution in [-0.4, -0.2) is 65.2 Å². The zero-order chi connectivity index (χ0) is 19.2. The molecule has 1 N–H and O–H groups in total. The first-order valence-electron chi connectivity index (χ1n) is 8.85. The van der Waals surface area contributed by atoms with Crippen LogP contribution in [0.4, 0.5) is 5.82 Å². The van der Waals surface area contributed by atoms with Crippen molar-refractivity contribution in [2.75, 3.05) is 37.3 Å². The molecule has 0 radical (unpaired) electrons. The molecule has 0 bridgehead atoms. The van der Waals surface area contributed by atoms with E-state index in [0.717, 1.165) is 18.9 Å². The second-order valence-electron chi connectivity index (χ2n) is 6.26. The van der Waals surface area contributed by atoms with Gasteiger partial charge in [-0.2, -0.15) is 0 Å². The number of hydrogen-bond acceptors (Lipinski definition) is 6. The first-order valence-corrected chi connectivity index (χ1v) is 10.1. The maximum Gasteiger partial charge on any atom is 0.254 e. The van der Waals surface area contributed by atoms with Crippen molar-refractivity contribution in [2.24, 2.45) is 0 Å². The lowest BCUT2D eigenvalue weighted by Gasteiger charge is -2.36. The molecule has 0 unspecified atom stereocenters. The van der Waals surface area contributed by atoms with E-state index >= 15 is 0 Å². The molecule has 3 heterocycles. The molecule has 1 fully saturated rings. The van der Waals surface area contributed by atoms with Crippen LogP contribution in [0.5, 0.6) is 0 Å². The third-order valence-corrected chi connectivity index (χ3v) is 5.20. The summed E-state index contributed by atoms with van der Waals surface area (Å²) in [4.78, 5) is 37.7. The van der Waals surface area contributed by atoms with Gasteiger partial charge in [0.1, 0.15) is 16.9 Å². The largest absolute Gasteiger partial charge is 0.353 e. The Bertz CT molecular complexity index is 794. The van der Waals surface area contributed by atoms with Crippen LogP contribution in [0.2, 0.25) is 0 Å². The molecular weight excluding hydrogens is 362 g/mol. The lowest BCUT2D eigenvalue weighted by Crippen LogP contribution is -2.54. The minimum Gasteiger partial charge on any atom is -0.353 e. The monoisotopic (exact) mass is 385 g/mol. The molecule has 0 spiro atoms. The van der Waals surface area contributed by atoms with E-state index in [2.05, 4.69) is 20.2 Å². The van der Waals surface area contributed by atoms with Crippen molar-refractivity contribution in [3.63, 3.8) is 0 Å². The van der Waals surface area contributed by atoms with Crippen LogP contribution < -0.4 is 10.2 Å². The number of nitrogens with zero attached hydrogens (tertiary/aromatic N) is 4. The molecule has 2 amide bonds. The fourth-order valence-corrected chi connectivity index (χ4v) is 3.58. The van der Waals surface area contributed by atoms with E-state index in [1.54, 1.807) is 36.4 Å². The highest BCUT2D eigenvalue weighted by Crippen LogP contribution is 2.17. The molecule has 1 aliphatic heterocycles. The lowest BCUT2D eigenvalue weighted by molar-refractivity contribution is -0.133. The topological polar surface area (TPSA) is 78.4 Å². The van der Waals surface area contributed by atoms with Crippen molar-refractivity contribution < 1.29 is 9.59 Å². The molecule has 2 aromatic rings. The van der Waals surface area contributed by atoms with Gasteiger partial charge in [0.05, 0.1) is 5.56 Å². The quantitative estimate of drug-likeness (QED) is 0.789. The Balaban J connectivity index is 1.56. The second-order valence-corrected chi connectivity index (χ2v) is 7.05. The van der Waals surface area contributed by atoms with Gasteiger partial charge in [-0.15, -0.1) is 11.8 Å². The zero-order valence-electron chi connectivity index (χ0n) is 15.5. The number of anilines is 1. The Morgan fingerprint density at radius 3 is 2.48 bits per heavy atom. The van der Waals surface area contributed by atoms with E-state index in [1.807, 2.05) is 24.5 Å². The van der Waals surface area contributed by atoms with Crippen molar-refractivity contribution >= 4 is 29.4 Å². The van der Waals surface area contributed by atoms with Gasteiger partial charge < -0.3 is 15.1 Å². The van der Waals surface area contributed by atoms with Gasteiger partial charge in [-0.3, -0.25) is 9.59 Å². The van der Waals surface area contributed by atoms with Gasteiger partial charge in [0.25, 0.3) is 5.91 Å². The highest BCUT2D eigenvalue weighted by molar-refractivity contribution is 7.98. The summed E-state index contributed by atoms with van der Waals surface area (Å²) in [5, 5.41) is 3.45. The molecule has 8 heteroatoms. The highest BCUT2D eigenvalue weighted by Gasteiger charge is 2.27. The van der Waals surface area contributed by atoms with E-state index in [4.69, 9.17) is 0 Å². The highest BCUT2D eigenvalue weighted by atomic mass is 32.2. The van der Waals surface area contributed by atoms with Crippen LogP contribution in [0.1, 0.15) is 17.3 Å². The normalized spacial score (nSPS) is 15.3. The van der Waals surface area contributed by atoms with Gasteiger partial charge in [-0.1, -0.05) is 6.07 Å². The Morgan fingerprint density at radius 2 is 1.81 bits per heavy atom. The van der Waals surface area contributed by atoms with Gasteiger partial charge in [-0.25, -0.2) is 9.97 Å². The molecule has 0 aliphatic carbocycles. The summed E-state index contributed by atoms with van der Waals surface area (Å²) >= 11 is 1.41. The van der Waals surface area contributed by atoms with E-state index in [0.29, 0.717) is 23.7 Å². The number of carbonyl (C=O) groups is 2. The number of hydrogen-bond donors (Lipinski definition) is 1. The third-order valence-electron chi connectivity index (χ3n) is 4.49. The first-order chi connectivity index (χ1) is 13.1. The summed E-state index contributed by atoms with van der Waals surface area (Å²) in [5.41, 5.74) is 0.490. The molecule has 0 saturated carbocycles. The van der Waals surface area contributed by atoms with Crippen molar-refractivity contribution in [3.8, 4) is 0 Å². The number of nitrogens with one attached hydrogen (secondary N) is 1. The fourth-order valence-electron chi connectivity index (χ4n) is 3.03. The van der Waals surface area contributed by atoms with Gasteiger partial charge in [-0.05, 0) is 37.4 Å². The number of carbonyl (C=O) groups excluding carboxylic acids is 2. The van der Waals surface area contributed by atoms with Crippen LogP contribution in [0.15, 0.2) is 47.8 Å². The van der Waals surface area contributed by atoms with Gasteiger partial charge in [0, 0.05) is 38.6 Å². The Kier molecular flexibility index (Phi) is 6.28. The standard InChI is InChI=1S/C19H23N5O2S/c1-14(22-17(25)15-6-5-9-21-18(15)27-2)19(26)24-12-10-23(11-13-24)16-7-3-4-8-20-16/h3-9,14H,10-13H2,1-2H3,(H,22,25)/t14-/m1/s1. The Hall–Kier alpha value is -2.61. The molecule has 27 heavy (non-hydrogen) atoms. The number of piperazine rings is 1. The van der Waals surface area contributed by atoms with Gasteiger partial charge in [0.2, 0.25) is 5.91 Å². The molecule has 7 nitrogen and oxygen atoms in total. The van der Waals surface area contributed by atoms with E-state index in [9.17, 15) is 9.59 Å². The van der Waals surface area contributed by atoms with Crippen LogP contribution in [-0.2, 0) is 4.79 Å². The summed E-state index contributed by atoms with van der Waals surface area (Å²) in [5.74, 6) is 0.575. The third kappa shape index (κ3) is 4.57. The number of thioether (sulfide) groups is 1. The molecule has 1 aliphatic rings. The van der Waals surface area contributed by atoms with E-state index < -0.39 is 6.04 Å². The van der Waals surface area contributed by atoms with Gasteiger partial charge >= 0.3 is 0 Å². The van der Waals surface area contributed by atoms with Crippen LogP contribution in [0.3, 0.4) is 0 Å². The van der Waals surface area contributed by atoms with E-state index in [-0.39, 0.29) is 11.8 Å². The smallest absolute Gasteiger partial charge is 0.254 e. The van der Waals surface area contributed by atoms with Crippen molar-refractivity contribution in [2.45, 2.75) is 18.0 Å². The molecule has 1 saturated heterocycles. The maximum atomic E-state index is 12.7. The summed E-state index contributed by atoms with van der Waals surface area (Å²) in [6, 6.07) is 8.66. The molecule has 2 aromatic heterocycles. The van der Waals surface area contributed by atoms with Crippen LogP contribution in [0, 0.1) is 0 Å². The summed E-state index contributed by atoms with van der Waals surface area (Å²) < 4.78 is 0. The predicted molar refractivity (Wildman–Crippen MR) is 106 cm³/mol. The molecular formula is C19H23N5O2S. The first kappa shape index (κ1) is 19.2. The number of aromatic nitrogens is 2. The van der Waals surface area contributed by atoms with Crippen molar-refractivity contribution in [1.82, 2.24) is 20.2 Å².